The largest absolute Gasteiger partial charge is 0.478 e. The summed E-state index contributed by atoms with van der Waals surface area (Å²) in [4.78, 5) is 9.25. The molecule has 0 unspecified atom stereocenters. The average molecular weight is 198 g/mol. The van der Waals surface area contributed by atoms with E-state index in [0.717, 1.165) is 6.08 Å². The van der Waals surface area contributed by atoms with E-state index in [2.05, 4.69) is 26.3 Å². The number of rotatable bonds is 1. The fourth-order valence-corrected chi connectivity index (χ4v) is 0. The Hall–Kier alpha value is -1.57. The minimum Gasteiger partial charge on any atom is -0.478 e. The number of aliphatic carboxylic acids is 1. The number of allylic oxidation sites excluding steroid dienone is 3. The fourth-order valence-electron chi connectivity index (χ4n) is 0. The smallest absolute Gasteiger partial charge is 0.327 e. The van der Waals surface area contributed by atoms with Crippen LogP contribution in [0.1, 0.15) is 20.8 Å². The van der Waals surface area contributed by atoms with Crippen LogP contribution in [0.4, 0.5) is 0 Å². The molecule has 0 aromatic rings. The molecule has 0 saturated carbocycles. The first-order chi connectivity index (χ1) is 6.51. The number of carbonyl (C=O) groups is 1. The van der Waals surface area contributed by atoms with E-state index in [-0.39, 0.29) is 0 Å². The van der Waals surface area contributed by atoms with E-state index in [9.17, 15) is 4.79 Å². The normalized spacial score (nSPS) is 5.07. The summed E-state index contributed by atoms with van der Waals surface area (Å²) in [5.74, 6) is -0.981. The van der Waals surface area contributed by atoms with Crippen molar-refractivity contribution in [2.24, 2.45) is 0 Å². The van der Waals surface area contributed by atoms with Crippen LogP contribution in [0.25, 0.3) is 0 Å². The molecular formula is C12H22O2. The third-order valence-corrected chi connectivity index (χ3v) is 0.175. The van der Waals surface area contributed by atoms with Crippen molar-refractivity contribution in [2.75, 3.05) is 0 Å². The van der Waals surface area contributed by atoms with Gasteiger partial charge in [0.15, 0.2) is 0 Å². The number of hydrogen-bond donors (Lipinski definition) is 1. The lowest BCUT2D eigenvalue weighted by atomic mass is 10.7. The summed E-state index contributed by atoms with van der Waals surface area (Å²) in [5, 5.41) is 7.60. The molecule has 0 spiro atoms. The van der Waals surface area contributed by atoms with Gasteiger partial charge in [0.2, 0.25) is 0 Å². The van der Waals surface area contributed by atoms with Crippen molar-refractivity contribution in [2.45, 2.75) is 20.8 Å². The van der Waals surface area contributed by atoms with Gasteiger partial charge >= 0.3 is 5.97 Å². The van der Waals surface area contributed by atoms with Crippen LogP contribution < -0.4 is 0 Å². The zero-order chi connectivity index (χ0) is 12.4. The Balaban J connectivity index is -0.0000000495. The molecule has 14 heavy (non-hydrogen) atoms. The molecule has 0 atom stereocenters. The van der Waals surface area contributed by atoms with Gasteiger partial charge in [-0.25, -0.2) is 4.79 Å². The number of carboxylic acids is 1. The van der Waals surface area contributed by atoms with Crippen molar-refractivity contribution >= 4 is 5.97 Å². The van der Waals surface area contributed by atoms with E-state index in [4.69, 9.17) is 5.11 Å². The van der Waals surface area contributed by atoms with Crippen LogP contribution in [0.15, 0.2) is 50.6 Å². The zero-order valence-corrected chi connectivity index (χ0v) is 9.49. The molecule has 0 rings (SSSR count). The molecule has 2 heteroatoms. The first-order valence-corrected chi connectivity index (χ1v) is 4.08. The number of carboxylic acid groups (broad SMARTS) is 1. The molecular weight excluding hydrogens is 176 g/mol. The second kappa shape index (κ2) is 42.2. The van der Waals surface area contributed by atoms with Gasteiger partial charge in [-0.2, -0.15) is 0 Å². The van der Waals surface area contributed by atoms with Crippen molar-refractivity contribution < 1.29 is 9.90 Å². The predicted octanol–water partition coefficient (Wildman–Crippen LogP) is 3.83. The lowest BCUT2D eigenvalue weighted by Gasteiger charge is -1.64. The Morgan fingerprint density at radius 1 is 0.929 bits per heavy atom. The van der Waals surface area contributed by atoms with Gasteiger partial charge in [0.25, 0.3) is 0 Å². The third-order valence-electron chi connectivity index (χ3n) is 0.175. The van der Waals surface area contributed by atoms with Crippen molar-refractivity contribution in [1.29, 1.82) is 0 Å². The summed E-state index contributed by atoms with van der Waals surface area (Å²) in [6.07, 6.45) is 6.08. The molecule has 0 aliphatic heterocycles. The van der Waals surface area contributed by atoms with Gasteiger partial charge in [-0.05, 0) is 20.8 Å². The van der Waals surface area contributed by atoms with Crippen molar-refractivity contribution in [1.82, 2.24) is 0 Å². The predicted molar refractivity (Wildman–Crippen MR) is 65.4 cm³/mol. The van der Waals surface area contributed by atoms with Gasteiger partial charge in [0, 0.05) is 6.08 Å². The van der Waals surface area contributed by atoms with Crippen LogP contribution in [-0.2, 0) is 4.79 Å². The summed E-state index contributed by atoms with van der Waals surface area (Å²) in [6, 6.07) is 0. The minimum absolute atomic E-state index is 0.833. The molecule has 0 bridgehead atoms. The maximum absolute atomic E-state index is 9.25. The molecule has 0 aromatic heterocycles. The van der Waals surface area contributed by atoms with Crippen LogP contribution in [-0.4, -0.2) is 11.1 Å². The van der Waals surface area contributed by atoms with E-state index >= 15 is 0 Å². The SMILES string of the molecule is C=CC.C=CC.C=CC.C=CC(=O)O. The molecule has 0 aliphatic rings. The minimum atomic E-state index is -0.981. The molecule has 0 radical (unpaired) electrons. The lowest BCUT2D eigenvalue weighted by molar-refractivity contribution is -0.131. The van der Waals surface area contributed by atoms with Gasteiger partial charge < -0.3 is 5.11 Å². The van der Waals surface area contributed by atoms with Gasteiger partial charge in [-0.15, -0.1) is 19.7 Å². The van der Waals surface area contributed by atoms with Crippen molar-refractivity contribution in [3.63, 3.8) is 0 Å². The highest BCUT2D eigenvalue weighted by Crippen LogP contribution is 1.54. The summed E-state index contributed by atoms with van der Waals surface area (Å²) in [6.45, 7) is 18.7. The van der Waals surface area contributed by atoms with Crippen molar-refractivity contribution in [3.05, 3.63) is 50.6 Å². The second-order valence-corrected chi connectivity index (χ2v) is 1.77. The summed E-state index contributed by atoms with van der Waals surface area (Å²) in [5.41, 5.74) is 0. The van der Waals surface area contributed by atoms with Gasteiger partial charge in [-0.1, -0.05) is 24.8 Å². The summed E-state index contributed by atoms with van der Waals surface area (Å²) >= 11 is 0. The molecule has 1 N–H and O–H groups in total. The molecule has 0 amide bonds. The van der Waals surface area contributed by atoms with Crippen LogP contribution >= 0.6 is 0 Å². The molecule has 0 fully saturated rings. The van der Waals surface area contributed by atoms with E-state index in [1.807, 2.05) is 20.8 Å². The molecule has 0 aromatic carbocycles. The van der Waals surface area contributed by atoms with Gasteiger partial charge in [-0.3, -0.25) is 0 Å². The molecule has 2 nitrogen and oxygen atoms in total. The first kappa shape index (κ1) is 22.9. The van der Waals surface area contributed by atoms with E-state index in [1.54, 1.807) is 18.2 Å². The van der Waals surface area contributed by atoms with Crippen molar-refractivity contribution in [3.8, 4) is 0 Å². The van der Waals surface area contributed by atoms with Gasteiger partial charge in [0.05, 0.1) is 0 Å². The molecule has 0 aliphatic carbocycles. The molecule has 0 saturated heterocycles. The van der Waals surface area contributed by atoms with E-state index in [1.165, 1.54) is 0 Å². The highest BCUT2D eigenvalue weighted by atomic mass is 16.4. The maximum atomic E-state index is 9.25. The Kier molecular flexibility index (Phi) is 68.8. The summed E-state index contributed by atoms with van der Waals surface area (Å²) < 4.78 is 0. The summed E-state index contributed by atoms with van der Waals surface area (Å²) in [7, 11) is 0. The highest BCUT2D eigenvalue weighted by Gasteiger charge is 1.73. The lowest BCUT2D eigenvalue weighted by Crippen LogP contribution is -1.82. The van der Waals surface area contributed by atoms with E-state index < -0.39 is 5.97 Å². The van der Waals surface area contributed by atoms with E-state index in [0.29, 0.717) is 0 Å². The second-order valence-electron chi connectivity index (χ2n) is 1.77. The van der Waals surface area contributed by atoms with Crippen LogP contribution in [0.2, 0.25) is 0 Å². The zero-order valence-electron chi connectivity index (χ0n) is 9.49. The standard InChI is InChI=1S/C3H4O2.3C3H6/c1-2-3(4)5;3*1-3-2/h2H,1H2,(H,4,5);3*3H,1H2,2H3. The Bertz CT molecular complexity index is 132. The Morgan fingerprint density at radius 2 is 1.00 bits per heavy atom. The third kappa shape index (κ3) is 5020. The average Bonchev–Trinajstić information content (AvgIpc) is 2.08. The Labute approximate surface area is 88.0 Å². The fraction of sp³-hybridized carbons (Fsp3) is 0.250. The topological polar surface area (TPSA) is 37.3 Å². The monoisotopic (exact) mass is 198 g/mol. The quantitative estimate of drug-likeness (QED) is 0.513. The van der Waals surface area contributed by atoms with Gasteiger partial charge in [0.1, 0.15) is 0 Å². The highest BCUT2D eigenvalue weighted by molar-refractivity contribution is 5.78. The van der Waals surface area contributed by atoms with Crippen LogP contribution in [0.5, 0.6) is 0 Å². The molecule has 0 heterocycles. The number of hydrogen-bond acceptors (Lipinski definition) is 1. The molecule has 82 valence electrons. The Morgan fingerprint density at radius 3 is 1.00 bits per heavy atom. The maximum Gasteiger partial charge on any atom is 0.327 e. The first-order valence-electron chi connectivity index (χ1n) is 4.08. The van der Waals surface area contributed by atoms with Crippen LogP contribution in [0.3, 0.4) is 0 Å². The van der Waals surface area contributed by atoms with Crippen LogP contribution in [0, 0.1) is 0 Å².